The largest absolute Gasteiger partial charge is 0.417 e. The zero-order chi connectivity index (χ0) is 23.4. The third-order valence-corrected chi connectivity index (χ3v) is 5.05. The van der Waals surface area contributed by atoms with E-state index in [0.29, 0.717) is 6.07 Å². The van der Waals surface area contributed by atoms with Crippen LogP contribution in [0.2, 0.25) is 0 Å². The zero-order valence-corrected chi connectivity index (χ0v) is 16.8. The van der Waals surface area contributed by atoms with Crippen molar-refractivity contribution in [3.8, 4) is 0 Å². The lowest BCUT2D eigenvalue weighted by Gasteiger charge is -2.25. The van der Waals surface area contributed by atoms with Crippen LogP contribution in [0.3, 0.4) is 0 Å². The van der Waals surface area contributed by atoms with E-state index in [1.165, 1.54) is 0 Å². The average Bonchev–Trinajstić information content (AvgIpc) is 2.74. The van der Waals surface area contributed by atoms with Gasteiger partial charge in [0.05, 0.1) is 24.3 Å². The Kier molecular flexibility index (Phi) is 7.26. The van der Waals surface area contributed by atoms with Gasteiger partial charge < -0.3 is 10.5 Å². The van der Waals surface area contributed by atoms with Crippen molar-refractivity contribution in [1.29, 1.82) is 0 Å². The van der Waals surface area contributed by atoms with E-state index < -0.39 is 41.7 Å². The van der Waals surface area contributed by atoms with Gasteiger partial charge in [0, 0.05) is 12.0 Å². The van der Waals surface area contributed by atoms with Gasteiger partial charge in [0.15, 0.2) is 0 Å². The second kappa shape index (κ2) is 9.75. The molecule has 170 valence electrons. The molecule has 2 nitrogen and oxygen atoms in total. The Morgan fingerprint density at radius 2 is 1.22 bits per heavy atom. The van der Waals surface area contributed by atoms with Crippen molar-refractivity contribution in [3.05, 3.63) is 107 Å². The molecule has 1 atom stereocenters. The number of hydrogen-bond donors (Lipinski definition) is 1. The van der Waals surface area contributed by atoms with Gasteiger partial charge in [-0.2, -0.15) is 26.3 Å². The zero-order valence-electron chi connectivity index (χ0n) is 16.8. The number of rotatable bonds is 7. The summed E-state index contributed by atoms with van der Waals surface area (Å²) in [7, 11) is 0. The molecule has 0 saturated carbocycles. The van der Waals surface area contributed by atoms with Crippen LogP contribution in [0.4, 0.5) is 26.3 Å². The van der Waals surface area contributed by atoms with Gasteiger partial charge in [-0.3, -0.25) is 0 Å². The van der Waals surface area contributed by atoms with E-state index in [2.05, 4.69) is 0 Å². The molecule has 3 rings (SSSR count). The number of halogens is 6. The maximum absolute atomic E-state index is 13.4. The van der Waals surface area contributed by atoms with Crippen molar-refractivity contribution < 1.29 is 31.1 Å². The molecule has 8 heteroatoms. The lowest BCUT2D eigenvalue weighted by molar-refractivity contribution is -0.163. The summed E-state index contributed by atoms with van der Waals surface area (Å²) in [4.78, 5) is 0. The molecule has 0 amide bonds. The number of nitrogens with two attached hydrogens (primary N) is 1. The standard InChI is InChI=1S/C24H21F6NO/c25-23(26,27)19-13-7-12-18(22(19)24(28,29)30)14-32-15-20(31)21(16-8-3-1-4-9-16)17-10-5-2-6-11-17/h1-13,20-21H,14-15,31H2. The fourth-order valence-electron chi connectivity index (χ4n) is 3.70. The Labute approximate surface area is 181 Å². The highest BCUT2D eigenvalue weighted by Crippen LogP contribution is 2.42. The molecule has 1 unspecified atom stereocenters. The second-order valence-corrected chi connectivity index (χ2v) is 7.31. The fourth-order valence-corrected chi connectivity index (χ4v) is 3.70. The number of hydrogen-bond acceptors (Lipinski definition) is 2. The lowest BCUT2D eigenvalue weighted by Crippen LogP contribution is -2.34. The first-order chi connectivity index (χ1) is 15.1. The Morgan fingerprint density at radius 3 is 1.69 bits per heavy atom. The molecule has 2 N–H and O–H groups in total. The first-order valence-electron chi connectivity index (χ1n) is 9.78. The van der Waals surface area contributed by atoms with Gasteiger partial charge in [-0.15, -0.1) is 0 Å². The highest BCUT2D eigenvalue weighted by molar-refractivity contribution is 5.39. The van der Waals surface area contributed by atoms with Gasteiger partial charge >= 0.3 is 12.4 Å². The van der Waals surface area contributed by atoms with Gasteiger partial charge in [-0.25, -0.2) is 0 Å². The van der Waals surface area contributed by atoms with Gasteiger partial charge in [0.1, 0.15) is 0 Å². The Morgan fingerprint density at radius 1 is 0.688 bits per heavy atom. The van der Waals surface area contributed by atoms with E-state index in [9.17, 15) is 26.3 Å². The average molecular weight is 453 g/mol. The highest BCUT2D eigenvalue weighted by Gasteiger charge is 2.44. The van der Waals surface area contributed by atoms with Crippen LogP contribution in [0.1, 0.15) is 33.7 Å². The van der Waals surface area contributed by atoms with Gasteiger partial charge in [0.25, 0.3) is 0 Å². The molecular weight excluding hydrogens is 432 g/mol. The summed E-state index contributed by atoms with van der Waals surface area (Å²) in [5, 5.41) is 0. The predicted molar refractivity (Wildman–Crippen MR) is 109 cm³/mol. The van der Waals surface area contributed by atoms with Crippen LogP contribution in [-0.4, -0.2) is 12.6 Å². The van der Waals surface area contributed by atoms with Crippen molar-refractivity contribution in [1.82, 2.24) is 0 Å². The maximum Gasteiger partial charge on any atom is 0.417 e. The molecule has 32 heavy (non-hydrogen) atoms. The quantitative estimate of drug-likeness (QED) is 0.420. The smallest absolute Gasteiger partial charge is 0.375 e. The lowest BCUT2D eigenvalue weighted by atomic mass is 9.86. The molecule has 0 bridgehead atoms. The van der Waals surface area contributed by atoms with E-state index in [-0.39, 0.29) is 12.5 Å². The number of ether oxygens (including phenoxy) is 1. The number of benzene rings is 3. The maximum atomic E-state index is 13.4. The molecule has 0 aliphatic heterocycles. The van der Waals surface area contributed by atoms with Crippen molar-refractivity contribution in [2.45, 2.75) is 30.9 Å². The van der Waals surface area contributed by atoms with Crippen LogP contribution in [0.15, 0.2) is 78.9 Å². The highest BCUT2D eigenvalue weighted by atomic mass is 19.4. The third-order valence-electron chi connectivity index (χ3n) is 5.05. The SMILES string of the molecule is NC(COCc1cccc(C(F)(F)F)c1C(F)(F)F)C(c1ccccc1)c1ccccc1. The monoisotopic (exact) mass is 453 g/mol. The third kappa shape index (κ3) is 5.69. The molecule has 0 radical (unpaired) electrons. The van der Waals surface area contributed by atoms with Crippen molar-refractivity contribution in [3.63, 3.8) is 0 Å². The van der Waals surface area contributed by atoms with Crippen LogP contribution in [0.5, 0.6) is 0 Å². The van der Waals surface area contributed by atoms with E-state index in [4.69, 9.17) is 10.5 Å². The Balaban J connectivity index is 1.81. The van der Waals surface area contributed by atoms with Gasteiger partial charge in [-0.1, -0.05) is 72.8 Å². The minimum Gasteiger partial charge on any atom is -0.375 e. The topological polar surface area (TPSA) is 35.2 Å². The van der Waals surface area contributed by atoms with E-state index in [1.54, 1.807) is 0 Å². The van der Waals surface area contributed by atoms with Crippen molar-refractivity contribution in [2.75, 3.05) is 6.61 Å². The van der Waals surface area contributed by atoms with E-state index >= 15 is 0 Å². The molecule has 0 saturated heterocycles. The van der Waals surface area contributed by atoms with Crippen molar-refractivity contribution in [2.24, 2.45) is 5.73 Å². The minimum atomic E-state index is -5.18. The summed E-state index contributed by atoms with van der Waals surface area (Å²) < 4.78 is 85.1. The normalized spacial score (nSPS) is 13.4. The van der Waals surface area contributed by atoms with E-state index in [1.807, 2.05) is 60.7 Å². The molecule has 0 aliphatic carbocycles. The second-order valence-electron chi connectivity index (χ2n) is 7.31. The molecule has 0 aliphatic rings. The molecule has 0 heterocycles. The first kappa shape index (κ1) is 23.8. The van der Waals surface area contributed by atoms with Crippen LogP contribution in [0.25, 0.3) is 0 Å². The molecule has 3 aromatic carbocycles. The molecular formula is C24H21F6NO. The first-order valence-corrected chi connectivity index (χ1v) is 9.78. The van der Waals surface area contributed by atoms with Crippen molar-refractivity contribution >= 4 is 0 Å². The summed E-state index contributed by atoms with van der Waals surface area (Å²) in [6.07, 6.45) is -10.3. The molecule has 3 aromatic rings. The molecule has 0 fully saturated rings. The predicted octanol–water partition coefficient (Wildman–Crippen LogP) is 6.40. The van der Waals surface area contributed by atoms with Gasteiger partial charge in [0.2, 0.25) is 0 Å². The van der Waals surface area contributed by atoms with Crippen LogP contribution < -0.4 is 5.73 Å². The molecule has 0 spiro atoms. The summed E-state index contributed by atoms with van der Waals surface area (Å²) in [6, 6.07) is 20.3. The molecule has 0 aromatic heterocycles. The van der Waals surface area contributed by atoms with Crippen LogP contribution >= 0.6 is 0 Å². The summed E-state index contributed by atoms with van der Waals surface area (Å²) in [5.41, 5.74) is 4.07. The fraction of sp³-hybridized carbons (Fsp3) is 0.250. The summed E-state index contributed by atoms with van der Waals surface area (Å²) in [5.74, 6) is -0.305. The Hall–Kier alpha value is -2.84. The van der Waals surface area contributed by atoms with Crippen LogP contribution in [-0.2, 0) is 23.7 Å². The summed E-state index contributed by atoms with van der Waals surface area (Å²) in [6.45, 7) is -0.801. The van der Waals surface area contributed by atoms with Crippen LogP contribution in [0, 0.1) is 0 Å². The number of alkyl halides is 6. The minimum absolute atomic E-state index is 0.151. The van der Waals surface area contributed by atoms with Gasteiger partial charge in [-0.05, 0) is 22.8 Å². The Bertz CT molecular complexity index is 963. The summed E-state index contributed by atoms with van der Waals surface area (Å²) >= 11 is 0. The van der Waals surface area contributed by atoms with E-state index in [0.717, 1.165) is 23.3 Å².